The fraction of sp³-hybridized carbons (Fsp3) is 0.154. The maximum Gasteiger partial charge on any atom is 0.159 e. The van der Waals surface area contributed by atoms with Crippen LogP contribution in [0.4, 0.5) is 0 Å². The van der Waals surface area contributed by atoms with Crippen LogP contribution in [0.15, 0.2) is 42.7 Å². The van der Waals surface area contributed by atoms with Crippen LogP contribution in [0, 0.1) is 6.92 Å². The maximum atomic E-state index is 5.22. The molecule has 16 heavy (non-hydrogen) atoms. The largest absolute Gasteiger partial charge is 0.377 e. The predicted molar refractivity (Wildman–Crippen MR) is 62.5 cm³/mol. The smallest absolute Gasteiger partial charge is 0.159 e. The van der Waals surface area contributed by atoms with E-state index in [0.29, 0.717) is 13.2 Å². The molecule has 0 amide bonds. The molecule has 0 spiro atoms. The molecule has 0 aliphatic heterocycles. The summed E-state index contributed by atoms with van der Waals surface area (Å²) in [7, 11) is 0. The molecule has 1 aromatic heterocycles. The second-order valence-corrected chi connectivity index (χ2v) is 3.32. The molecule has 1 heterocycles. The van der Waals surface area contributed by atoms with Crippen molar-refractivity contribution in [1.82, 2.24) is 9.97 Å². The first-order chi connectivity index (χ1) is 7.90. The Morgan fingerprint density at radius 2 is 1.75 bits per heavy atom. The van der Waals surface area contributed by atoms with Crippen molar-refractivity contribution in [3.05, 3.63) is 55.2 Å². The minimum Gasteiger partial charge on any atom is -0.377 e. The van der Waals surface area contributed by atoms with E-state index >= 15 is 0 Å². The standard InChI is InChI=1S/C13H13N2O/c1-2-16-10-11-4-6-12(7-5-11)13-14-8-3-9-15-13/h3-9H,1-2,10H2. The summed E-state index contributed by atoms with van der Waals surface area (Å²) in [6.45, 7) is 4.71. The summed E-state index contributed by atoms with van der Waals surface area (Å²) in [5.41, 5.74) is 2.14. The minimum atomic E-state index is 0.490. The highest BCUT2D eigenvalue weighted by atomic mass is 16.5. The van der Waals surface area contributed by atoms with Crippen molar-refractivity contribution in [3.8, 4) is 11.4 Å². The molecule has 3 heteroatoms. The Labute approximate surface area is 95.1 Å². The highest BCUT2D eigenvalue weighted by Crippen LogP contribution is 2.14. The van der Waals surface area contributed by atoms with Gasteiger partial charge in [0.15, 0.2) is 5.82 Å². The van der Waals surface area contributed by atoms with Gasteiger partial charge in [-0.3, -0.25) is 0 Å². The zero-order valence-electron chi connectivity index (χ0n) is 8.97. The molecular weight excluding hydrogens is 200 g/mol. The molecule has 3 nitrogen and oxygen atoms in total. The molecule has 0 atom stereocenters. The van der Waals surface area contributed by atoms with E-state index in [1.54, 1.807) is 18.5 Å². The highest BCUT2D eigenvalue weighted by molar-refractivity contribution is 5.54. The summed E-state index contributed by atoms with van der Waals surface area (Å²) in [4.78, 5) is 8.38. The molecule has 0 aliphatic carbocycles. The monoisotopic (exact) mass is 213 g/mol. The normalized spacial score (nSPS) is 10.3. The van der Waals surface area contributed by atoms with Crippen LogP contribution in [0.25, 0.3) is 11.4 Å². The summed E-state index contributed by atoms with van der Waals surface area (Å²) < 4.78 is 5.22. The number of rotatable bonds is 4. The van der Waals surface area contributed by atoms with Crippen molar-refractivity contribution < 1.29 is 4.74 Å². The lowest BCUT2D eigenvalue weighted by Crippen LogP contribution is -1.92. The molecule has 2 aromatic rings. The SMILES string of the molecule is [CH2]COCc1ccc(-c2ncccn2)cc1. The quantitative estimate of drug-likeness (QED) is 0.782. The lowest BCUT2D eigenvalue weighted by atomic mass is 10.1. The lowest BCUT2D eigenvalue weighted by molar-refractivity contribution is 0.147. The zero-order valence-corrected chi connectivity index (χ0v) is 8.97. The van der Waals surface area contributed by atoms with Gasteiger partial charge in [0.1, 0.15) is 0 Å². The van der Waals surface area contributed by atoms with Crippen LogP contribution < -0.4 is 0 Å². The van der Waals surface area contributed by atoms with Crippen LogP contribution in [0.2, 0.25) is 0 Å². The summed E-state index contributed by atoms with van der Waals surface area (Å²) in [5, 5.41) is 0. The molecule has 1 radical (unpaired) electrons. The van der Waals surface area contributed by atoms with E-state index in [4.69, 9.17) is 4.74 Å². The van der Waals surface area contributed by atoms with Crippen LogP contribution in [0.3, 0.4) is 0 Å². The third kappa shape index (κ3) is 2.64. The van der Waals surface area contributed by atoms with Crippen LogP contribution in [0.1, 0.15) is 5.56 Å². The Bertz CT molecular complexity index is 425. The van der Waals surface area contributed by atoms with Gasteiger partial charge in [-0.15, -0.1) is 0 Å². The van der Waals surface area contributed by atoms with Gasteiger partial charge in [0.2, 0.25) is 0 Å². The Morgan fingerprint density at radius 1 is 1.06 bits per heavy atom. The second kappa shape index (κ2) is 5.37. The van der Waals surface area contributed by atoms with Gasteiger partial charge in [-0.2, -0.15) is 0 Å². The van der Waals surface area contributed by atoms with Crippen molar-refractivity contribution >= 4 is 0 Å². The average Bonchev–Trinajstić information content (AvgIpc) is 2.38. The molecule has 2 rings (SSSR count). The molecule has 0 saturated carbocycles. The summed E-state index contributed by atoms with van der Waals surface area (Å²) in [5.74, 6) is 0.743. The Morgan fingerprint density at radius 3 is 2.38 bits per heavy atom. The molecule has 0 unspecified atom stereocenters. The van der Waals surface area contributed by atoms with Crippen LogP contribution in [-0.4, -0.2) is 16.6 Å². The molecule has 1 aromatic carbocycles. The van der Waals surface area contributed by atoms with Gasteiger partial charge < -0.3 is 4.74 Å². The van der Waals surface area contributed by atoms with Crippen LogP contribution >= 0.6 is 0 Å². The van der Waals surface area contributed by atoms with Crippen LogP contribution in [-0.2, 0) is 11.3 Å². The van der Waals surface area contributed by atoms with Gasteiger partial charge in [-0.1, -0.05) is 24.3 Å². The topological polar surface area (TPSA) is 35.0 Å². The van der Waals surface area contributed by atoms with Crippen molar-refractivity contribution in [2.45, 2.75) is 6.61 Å². The first-order valence-electron chi connectivity index (χ1n) is 5.13. The molecule has 81 valence electrons. The van der Waals surface area contributed by atoms with Gasteiger partial charge in [0.25, 0.3) is 0 Å². The first-order valence-corrected chi connectivity index (χ1v) is 5.13. The summed E-state index contributed by atoms with van der Waals surface area (Å²) in [6, 6.07) is 9.83. The van der Waals surface area contributed by atoms with Crippen molar-refractivity contribution in [3.63, 3.8) is 0 Å². The minimum absolute atomic E-state index is 0.490. The summed E-state index contributed by atoms with van der Waals surface area (Å²) in [6.07, 6.45) is 3.48. The van der Waals surface area contributed by atoms with E-state index < -0.39 is 0 Å². The number of aromatic nitrogens is 2. The molecule has 0 fully saturated rings. The average molecular weight is 213 g/mol. The van der Waals surface area contributed by atoms with Gasteiger partial charge in [0.05, 0.1) is 6.61 Å². The highest BCUT2D eigenvalue weighted by Gasteiger charge is 1.99. The Kier molecular flexibility index (Phi) is 3.62. The first kappa shape index (κ1) is 10.8. The lowest BCUT2D eigenvalue weighted by Gasteiger charge is -2.03. The number of ether oxygens (including phenoxy) is 1. The third-order valence-corrected chi connectivity index (χ3v) is 2.19. The van der Waals surface area contributed by atoms with Gasteiger partial charge in [0, 0.05) is 24.6 Å². The van der Waals surface area contributed by atoms with Crippen molar-refractivity contribution in [2.24, 2.45) is 0 Å². The number of benzene rings is 1. The van der Waals surface area contributed by atoms with Gasteiger partial charge in [-0.05, 0) is 18.6 Å². The second-order valence-electron chi connectivity index (χ2n) is 3.32. The molecule has 0 N–H and O–H groups in total. The van der Waals surface area contributed by atoms with E-state index in [-0.39, 0.29) is 0 Å². The fourth-order valence-corrected chi connectivity index (χ4v) is 1.39. The molecule has 0 aliphatic rings. The van der Waals surface area contributed by atoms with E-state index in [9.17, 15) is 0 Å². The van der Waals surface area contributed by atoms with Gasteiger partial charge in [-0.25, -0.2) is 9.97 Å². The van der Waals surface area contributed by atoms with Crippen LogP contribution in [0.5, 0.6) is 0 Å². The van der Waals surface area contributed by atoms with Gasteiger partial charge >= 0.3 is 0 Å². The maximum absolute atomic E-state index is 5.22. The third-order valence-electron chi connectivity index (χ3n) is 2.19. The number of nitrogens with zero attached hydrogens (tertiary/aromatic N) is 2. The number of hydrogen-bond donors (Lipinski definition) is 0. The molecule has 0 bridgehead atoms. The zero-order chi connectivity index (χ0) is 11.2. The molecular formula is C13H13N2O. The van der Waals surface area contributed by atoms with Crippen molar-refractivity contribution in [1.29, 1.82) is 0 Å². The van der Waals surface area contributed by atoms with Crippen molar-refractivity contribution in [2.75, 3.05) is 6.61 Å². The van der Waals surface area contributed by atoms with E-state index in [1.807, 2.05) is 24.3 Å². The van der Waals surface area contributed by atoms with E-state index in [2.05, 4.69) is 16.9 Å². The predicted octanol–water partition coefficient (Wildman–Crippen LogP) is 2.49. The van der Waals surface area contributed by atoms with E-state index in [0.717, 1.165) is 17.0 Å². The number of hydrogen-bond acceptors (Lipinski definition) is 3. The summed E-state index contributed by atoms with van der Waals surface area (Å²) >= 11 is 0. The molecule has 0 saturated heterocycles. The Balaban J connectivity index is 2.13. The van der Waals surface area contributed by atoms with E-state index in [1.165, 1.54) is 0 Å². The Hall–Kier alpha value is -1.74. The fourth-order valence-electron chi connectivity index (χ4n) is 1.39.